The van der Waals surface area contributed by atoms with Crippen LogP contribution in [0.25, 0.3) is 0 Å². The van der Waals surface area contributed by atoms with E-state index in [0.29, 0.717) is 12.1 Å². The fraction of sp³-hybridized carbons (Fsp3) is 1.00. The van der Waals surface area contributed by atoms with Gasteiger partial charge in [-0.25, -0.2) is 10.9 Å². The first kappa shape index (κ1) is 7.49. The van der Waals surface area contributed by atoms with Gasteiger partial charge in [0.25, 0.3) is 0 Å². The fourth-order valence-corrected chi connectivity index (χ4v) is 2.27. The monoisotopic (exact) mass is 157 g/mol. The molecule has 2 rings (SSSR count). The second-order valence-electron chi connectivity index (χ2n) is 3.56. The van der Waals surface area contributed by atoms with E-state index in [1.807, 2.05) is 5.01 Å². The van der Waals surface area contributed by atoms with Gasteiger partial charge in [-0.3, -0.25) is 5.84 Å². The van der Waals surface area contributed by atoms with Crippen molar-refractivity contribution in [2.45, 2.75) is 43.9 Å². The molecule has 11 heavy (non-hydrogen) atoms. The first-order valence-electron chi connectivity index (χ1n) is 4.20. The van der Waals surface area contributed by atoms with Gasteiger partial charge in [-0.05, 0) is 25.7 Å². The van der Waals surface area contributed by atoms with E-state index in [1.54, 1.807) is 0 Å². The number of piperidine rings is 1. The molecule has 2 aliphatic rings. The summed E-state index contributed by atoms with van der Waals surface area (Å²) in [5, 5.41) is 1.98. The lowest BCUT2D eigenvalue weighted by Gasteiger charge is -2.34. The van der Waals surface area contributed by atoms with E-state index in [2.05, 4.69) is 0 Å². The third-order valence-corrected chi connectivity index (χ3v) is 2.94. The van der Waals surface area contributed by atoms with Crippen LogP contribution in [0.15, 0.2) is 0 Å². The van der Waals surface area contributed by atoms with Gasteiger partial charge in [-0.15, -0.1) is 0 Å². The van der Waals surface area contributed by atoms with Gasteiger partial charge in [0.15, 0.2) is 0 Å². The minimum atomic E-state index is 0.243. The zero-order chi connectivity index (χ0) is 7.84. The van der Waals surface area contributed by atoms with Crippen LogP contribution in [0.3, 0.4) is 0 Å². The molecular formula is C7H15N3O. The number of nitrogens with two attached hydrogens (primary N) is 2. The van der Waals surface area contributed by atoms with Gasteiger partial charge in [0.1, 0.15) is 0 Å². The minimum Gasteiger partial charge on any atom is -0.301 e. The fourth-order valence-electron chi connectivity index (χ4n) is 2.27. The Kier molecular flexibility index (Phi) is 1.85. The third-order valence-electron chi connectivity index (χ3n) is 2.94. The molecule has 2 saturated heterocycles. The molecule has 4 nitrogen and oxygen atoms in total. The Morgan fingerprint density at radius 3 is 2.18 bits per heavy atom. The largest absolute Gasteiger partial charge is 0.301 e. The zero-order valence-electron chi connectivity index (χ0n) is 6.57. The highest BCUT2D eigenvalue weighted by Gasteiger charge is 2.39. The Bertz CT molecular complexity index is 139. The van der Waals surface area contributed by atoms with Crippen LogP contribution in [0.1, 0.15) is 25.7 Å². The minimum absolute atomic E-state index is 0.243. The highest BCUT2D eigenvalue weighted by atomic mass is 16.6. The van der Waals surface area contributed by atoms with Crippen molar-refractivity contribution in [2.24, 2.45) is 11.7 Å². The molecule has 0 aromatic carbocycles. The molecule has 64 valence electrons. The molecule has 0 amide bonds. The smallest absolute Gasteiger partial charge is 0.0818 e. The number of nitrogens with zero attached hydrogens (tertiary/aromatic N) is 1. The summed E-state index contributed by atoms with van der Waals surface area (Å²) in [6, 6.07) is 1.03. The van der Waals surface area contributed by atoms with Crippen LogP contribution in [-0.2, 0) is 4.84 Å². The molecule has 4 heteroatoms. The lowest BCUT2D eigenvalue weighted by molar-refractivity contribution is -0.0215. The molecule has 0 aromatic rings. The molecule has 2 heterocycles. The number of rotatable bonds is 1. The van der Waals surface area contributed by atoms with Crippen molar-refractivity contribution in [3.63, 3.8) is 0 Å². The average molecular weight is 157 g/mol. The van der Waals surface area contributed by atoms with E-state index in [-0.39, 0.29) is 6.10 Å². The maximum atomic E-state index is 5.84. The zero-order valence-corrected chi connectivity index (χ0v) is 6.57. The first-order valence-corrected chi connectivity index (χ1v) is 4.20. The summed E-state index contributed by atoms with van der Waals surface area (Å²) in [6.45, 7) is 0. The number of hydrogen-bond donors (Lipinski definition) is 2. The van der Waals surface area contributed by atoms with Gasteiger partial charge in [0.05, 0.1) is 6.10 Å². The third kappa shape index (κ3) is 1.16. The van der Waals surface area contributed by atoms with E-state index in [1.165, 1.54) is 12.8 Å². The first-order chi connectivity index (χ1) is 5.31. The second kappa shape index (κ2) is 2.71. The molecule has 2 bridgehead atoms. The van der Waals surface area contributed by atoms with E-state index < -0.39 is 0 Å². The van der Waals surface area contributed by atoms with E-state index in [9.17, 15) is 0 Å². The lowest BCUT2D eigenvalue weighted by Crippen LogP contribution is -2.49. The summed E-state index contributed by atoms with van der Waals surface area (Å²) in [6.07, 6.45) is 4.67. The molecule has 2 atom stereocenters. The normalized spacial score (nSPS) is 44.7. The molecular weight excluding hydrogens is 142 g/mol. The molecule has 0 radical (unpaired) electrons. The summed E-state index contributed by atoms with van der Waals surface area (Å²) in [5.74, 6) is 11.0. The second-order valence-corrected chi connectivity index (χ2v) is 3.56. The summed E-state index contributed by atoms with van der Waals surface area (Å²) in [4.78, 5) is 4.84. The lowest BCUT2D eigenvalue weighted by atomic mass is 10.0. The topological polar surface area (TPSA) is 64.5 Å². The molecule has 0 saturated carbocycles. The number of hydrogen-bond acceptors (Lipinski definition) is 4. The maximum Gasteiger partial charge on any atom is 0.0818 e. The SMILES string of the molecule is NOC1CC2CCC(C1)N2N. The van der Waals surface area contributed by atoms with E-state index >= 15 is 0 Å². The number of fused-ring (bicyclic) bond motifs is 2. The summed E-state index contributed by atoms with van der Waals surface area (Å²) >= 11 is 0. The Labute approximate surface area is 66.4 Å². The molecule has 0 aromatic heterocycles. The molecule has 2 fully saturated rings. The van der Waals surface area contributed by atoms with Gasteiger partial charge in [0, 0.05) is 12.1 Å². The van der Waals surface area contributed by atoms with Crippen LogP contribution in [0, 0.1) is 0 Å². The van der Waals surface area contributed by atoms with Crippen molar-refractivity contribution >= 4 is 0 Å². The van der Waals surface area contributed by atoms with Crippen molar-refractivity contribution in [1.29, 1.82) is 0 Å². The van der Waals surface area contributed by atoms with E-state index in [4.69, 9.17) is 16.6 Å². The highest BCUT2D eigenvalue weighted by Crippen LogP contribution is 2.33. The molecule has 0 spiro atoms. The Hall–Kier alpha value is -0.160. The highest BCUT2D eigenvalue weighted by molar-refractivity contribution is 4.92. The Balaban J connectivity index is 2.02. The number of hydrazine groups is 1. The van der Waals surface area contributed by atoms with Gasteiger partial charge < -0.3 is 4.84 Å². The van der Waals surface area contributed by atoms with Crippen LogP contribution < -0.4 is 11.7 Å². The van der Waals surface area contributed by atoms with Crippen molar-refractivity contribution in [1.82, 2.24) is 5.01 Å². The molecule has 2 aliphatic heterocycles. The van der Waals surface area contributed by atoms with Crippen LogP contribution in [0.5, 0.6) is 0 Å². The van der Waals surface area contributed by atoms with Gasteiger partial charge in [-0.2, -0.15) is 0 Å². The van der Waals surface area contributed by atoms with Crippen LogP contribution in [0.4, 0.5) is 0 Å². The average Bonchev–Trinajstić information content (AvgIpc) is 2.26. The quantitative estimate of drug-likeness (QED) is 0.407. The van der Waals surface area contributed by atoms with Gasteiger partial charge >= 0.3 is 0 Å². The van der Waals surface area contributed by atoms with Crippen LogP contribution >= 0.6 is 0 Å². The van der Waals surface area contributed by atoms with E-state index in [0.717, 1.165) is 12.8 Å². The van der Waals surface area contributed by atoms with Crippen molar-refractivity contribution in [3.8, 4) is 0 Å². The molecule has 4 N–H and O–H groups in total. The Morgan fingerprint density at radius 2 is 1.73 bits per heavy atom. The van der Waals surface area contributed by atoms with Crippen molar-refractivity contribution in [3.05, 3.63) is 0 Å². The Morgan fingerprint density at radius 1 is 1.18 bits per heavy atom. The van der Waals surface area contributed by atoms with Crippen molar-refractivity contribution < 1.29 is 4.84 Å². The maximum absolute atomic E-state index is 5.84. The standard InChI is InChI=1S/C7H15N3O/c8-10-5-1-2-6(10)4-7(3-5)11-9/h5-7H,1-4,8-9H2. The predicted molar refractivity (Wildman–Crippen MR) is 41.1 cm³/mol. The molecule has 0 aliphatic carbocycles. The summed E-state index contributed by atoms with van der Waals surface area (Å²) in [5.41, 5.74) is 0. The predicted octanol–water partition coefficient (Wildman–Crippen LogP) is -0.254. The summed E-state index contributed by atoms with van der Waals surface area (Å²) < 4.78 is 0. The van der Waals surface area contributed by atoms with Gasteiger partial charge in [0.2, 0.25) is 0 Å². The molecule has 2 unspecified atom stereocenters. The van der Waals surface area contributed by atoms with Gasteiger partial charge in [-0.1, -0.05) is 0 Å². The summed E-state index contributed by atoms with van der Waals surface area (Å²) in [7, 11) is 0. The van der Waals surface area contributed by atoms with Crippen molar-refractivity contribution in [2.75, 3.05) is 0 Å². The van der Waals surface area contributed by atoms with Crippen LogP contribution in [-0.4, -0.2) is 23.2 Å². The van der Waals surface area contributed by atoms with Crippen LogP contribution in [0.2, 0.25) is 0 Å².